The van der Waals surface area contributed by atoms with Gasteiger partial charge in [0, 0.05) is 17.7 Å². The summed E-state index contributed by atoms with van der Waals surface area (Å²) in [4.78, 5) is 0. The molecule has 2 N–H and O–H groups in total. The summed E-state index contributed by atoms with van der Waals surface area (Å²) < 4.78 is 2.16. The van der Waals surface area contributed by atoms with Crippen molar-refractivity contribution in [2.45, 2.75) is 37.6 Å². The zero-order valence-electron chi connectivity index (χ0n) is 7.03. The topological polar surface area (TPSA) is 43.8 Å². The van der Waals surface area contributed by atoms with Gasteiger partial charge in [0.25, 0.3) is 0 Å². The predicted molar refractivity (Wildman–Crippen MR) is 46.9 cm³/mol. The van der Waals surface area contributed by atoms with Gasteiger partial charge in [-0.1, -0.05) is 0 Å². The third-order valence-electron chi connectivity index (χ3n) is 2.67. The van der Waals surface area contributed by atoms with Crippen molar-refractivity contribution in [3.05, 3.63) is 11.8 Å². The highest BCUT2D eigenvalue weighted by Gasteiger charge is 2.33. The van der Waals surface area contributed by atoms with Gasteiger partial charge < -0.3 is 5.73 Å². The van der Waals surface area contributed by atoms with E-state index < -0.39 is 0 Å². The third kappa shape index (κ3) is 0.924. The Morgan fingerprint density at radius 2 is 2.08 bits per heavy atom. The van der Waals surface area contributed by atoms with Crippen molar-refractivity contribution in [2.75, 3.05) is 5.73 Å². The Morgan fingerprint density at radius 3 is 2.67 bits per heavy atom. The molecule has 64 valence electrons. The minimum atomic E-state index is 0.679. The highest BCUT2D eigenvalue weighted by molar-refractivity contribution is 5.33. The van der Waals surface area contributed by atoms with Gasteiger partial charge in [-0.3, -0.25) is 4.68 Å². The average molecular weight is 163 g/mol. The Kier molecular flexibility index (Phi) is 1.10. The molecule has 1 heterocycles. The third-order valence-corrected chi connectivity index (χ3v) is 2.67. The molecule has 2 saturated carbocycles. The molecule has 0 saturated heterocycles. The van der Waals surface area contributed by atoms with Crippen LogP contribution in [0.1, 0.15) is 43.3 Å². The number of hydrogen-bond donors (Lipinski definition) is 1. The molecule has 1 aromatic rings. The van der Waals surface area contributed by atoms with E-state index in [4.69, 9.17) is 5.73 Å². The van der Waals surface area contributed by atoms with Crippen LogP contribution in [0, 0.1) is 0 Å². The fraction of sp³-hybridized carbons (Fsp3) is 0.667. The van der Waals surface area contributed by atoms with E-state index in [9.17, 15) is 0 Å². The molecule has 0 aliphatic heterocycles. The summed E-state index contributed by atoms with van der Waals surface area (Å²) in [7, 11) is 0. The molecule has 0 atom stereocenters. The van der Waals surface area contributed by atoms with E-state index in [1.54, 1.807) is 0 Å². The number of nitrogens with two attached hydrogens (primary N) is 1. The van der Waals surface area contributed by atoms with Gasteiger partial charge in [-0.05, 0) is 25.7 Å². The molecule has 2 aliphatic rings. The van der Waals surface area contributed by atoms with Crippen molar-refractivity contribution in [3.8, 4) is 0 Å². The molecule has 0 unspecified atom stereocenters. The van der Waals surface area contributed by atoms with Crippen LogP contribution in [0.3, 0.4) is 0 Å². The molecule has 2 aliphatic carbocycles. The predicted octanol–water partition coefficient (Wildman–Crippen LogP) is 1.68. The van der Waals surface area contributed by atoms with Gasteiger partial charge in [-0.2, -0.15) is 5.10 Å². The molecular formula is C9H13N3. The van der Waals surface area contributed by atoms with Gasteiger partial charge in [0.05, 0.1) is 6.04 Å². The van der Waals surface area contributed by atoms with Gasteiger partial charge in [-0.15, -0.1) is 0 Å². The molecule has 0 amide bonds. The van der Waals surface area contributed by atoms with Crippen LogP contribution in [0.4, 0.5) is 5.82 Å². The summed E-state index contributed by atoms with van der Waals surface area (Å²) in [6.45, 7) is 0. The fourth-order valence-corrected chi connectivity index (χ4v) is 1.72. The fourth-order valence-electron chi connectivity index (χ4n) is 1.72. The van der Waals surface area contributed by atoms with Gasteiger partial charge in [0.15, 0.2) is 0 Å². The van der Waals surface area contributed by atoms with Crippen LogP contribution in [0.5, 0.6) is 0 Å². The Balaban J connectivity index is 2.02. The summed E-state index contributed by atoms with van der Waals surface area (Å²) in [5.41, 5.74) is 7.06. The maximum atomic E-state index is 5.68. The van der Waals surface area contributed by atoms with E-state index in [0.717, 1.165) is 5.92 Å². The molecule has 12 heavy (non-hydrogen) atoms. The highest BCUT2D eigenvalue weighted by Crippen LogP contribution is 2.45. The van der Waals surface area contributed by atoms with Crippen LogP contribution < -0.4 is 5.73 Å². The molecule has 0 aromatic carbocycles. The monoisotopic (exact) mass is 163 g/mol. The second-order valence-corrected chi connectivity index (χ2v) is 3.94. The SMILES string of the molecule is Nc1cc(C2CC2)n(C2CC2)n1. The smallest absolute Gasteiger partial charge is 0.145 e. The largest absolute Gasteiger partial charge is 0.382 e. The first-order valence-corrected chi connectivity index (χ1v) is 4.69. The van der Waals surface area contributed by atoms with Crippen LogP contribution in [-0.4, -0.2) is 9.78 Å². The van der Waals surface area contributed by atoms with Crippen LogP contribution in [-0.2, 0) is 0 Å². The van der Waals surface area contributed by atoms with E-state index >= 15 is 0 Å². The Bertz CT molecular complexity index is 278. The first-order valence-electron chi connectivity index (χ1n) is 4.69. The van der Waals surface area contributed by atoms with E-state index in [1.807, 2.05) is 0 Å². The minimum absolute atomic E-state index is 0.679. The molecule has 2 fully saturated rings. The van der Waals surface area contributed by atoms with Crippen molar-refractivity contribution in [2.24, 2.45) is 0 Å². The summed E-state index contributed by atoms with van der Waals surface area (Å²) in [6, 6.07) is 2.73. The zero-order valence-corrected chi connectivity index (χ0v) is 7.03. The molecule has 3 nitrogen and oxygen atoms in total. The summed E-state index contributed by atoms with van der Waals surface area (Å²) >= 11 is 0. The van der Waals surface area contributed by atoms with Gasteiger partial charge in [0.1, 0.15) is 5.82 Å². The number of nitrogens with zero attached hydrogens (tertiary/aromatic N) is 2. The maximum Gasteiger partial charge on any atom is 0.145 e. The average Bonchev–Trinajstić information content (AvgIpc) is 2.92. The molecule has 3 heteroatoms. The first-order chi connectivity index (χ1) is 5.84. The molecule has 0 radical (unpaired) electrons. The summed E-state index contributed by atoms with van der Waals surface area (Å²) in [5.74, 6) is 1.47. The molecule has 0 spiro atoms. The van der Waals surface area contributed by atoms with Crippen LogP contribution >= 0.6 is 0 Å². The van der Waals surface area contributed by atoms with Gasteiger partial charge in [0.2, 0.25) is 0 Å². The van der Waals surface area contributed by atoms with Crippen molar-refractivity contribution in [1.82, 2.24) is 9.78 Å². The summed E-state index contributed by atoms with van der Waals surface area (Å²) in [5, 5.41) is 4.33. The molecule has 1 aromatic heterocycles. The lowest BCUT2D eigenvalue weighted by molar-refractivity contribution is 0.609. The van der Waals surface area contributed by atoms with Crippen molar-refractivity contribution < 1.29 is 0 Å². The Labute approximate surface area is 71.6 Å². The zero-order chi connectivity index (χ0) is 8.13. The van der Waals surface area contributed by atoms with Crippen molar-refractivity contribution in [1.29, 1.82) is 0 Å². The first kappa shape index (κ1) is 6.52. The number of hydrogen-bond acceptors (Lipinski definition) is 2. The lowest BCUT2D eigenvalue weighted by Gasteiger charge is -2.02. The lowest BCUT2D eigenvalue weighted by Crippen LogP contribution is -2.01. The molecular weight excluding hydrogens is 150 g/mol. The maximum absolute atomic E-state index is 5.68. The summed E-state index contributed by atoms with van der Waals surface area (Å²) in [6.07, 6.45) is 5.25. The van der Waals surface area contributed by atoms with Crippen LogP contribution in [0.25, 0.3) is 0 Å². The minimum Gasteiger partial charge on any atom is -0.382 e. The second-order valence-electron chi connectivity index (χ2n) is 3.94. The standard InChI is InChI=1S/C9H13N3/c10-9-5-8(6-1-2-6)12(11-9)7-3-4-7/h5-7H,1-4H2,(H2,10,11). The van der Waals surface area contributed by atoms with Crippen molar-refractivity contribution in [3.63, 3.8) is 0 Å². The Hall–Kier alpha value is -0.990. The lowest BCUT2D eigenvalue weighted by atomic mass is 10.3. The normalized spacial score (nSPS) is 23.0. The molecule has 3 rings (SSSR count). The van der Waals surface area contributed by atoms with E-state index in [0.29, 0.717) is 11.9 Å². The van der Waals surface area contributed by atoms with Crippen molar-refractivity contribution >= 4 is 5.82 Å². The number of nitrogen functional groups attached to an aromatic ring is 1. The molecule has 0 bridgehead atoms. The number of aromatic nitrogens is 2. The van der Waals surface area contributed by atoms with Gasteiger partial charge in [-0.25, -0.2) is 0 Å². The number of rotatable bonds is 2. The van der Waals surface area contributed by atoms with E-state index in [2.05, 4.69) is 15.8 Å². The second kappa shape index (κ2) is 2.03. The van der Waals surface area contributed by atoms with Crippen LogP contribution in [0.15, 0.2) is 6.07 Å². The number of anilines is 1. The van der Waals surface area contributed by atoms with E-state index in [1.165, 1.54) is 31.4 Å². The quantitative estimate of drug-likeness (QED) is 0.720. The Morgan fingerprint density at radius 1 is 1.33 bits per heavy atom. The van der Waals surface area contributed by atoms with Gasteiger partial charge >= 0.3 is 0 Å². The highest BCUT2D eigenvalue weighted by atomic mass is 15.3. The van der Waals surface area contributed by atoms with E-state index in [-0.39, 0.29) is 0 Å². The van der Waals surface area contributed by atoms with Crippen LogP contribution in [0.2, 0.25) is 0 Å².